The van der Waals surface area contributed by atoms with Gasteiger partial charge in [0.1, 0.15) is 0 Å². The molecule has 0 rings (SSSR count). The fourth-order valence-corrected chi connectivity index (χ4v) is 2.14. The van der Waals surface area contributed by atoms with Crippen molar-refractivity contribution in [1.29, 1.82) is 0 Å². The lowest BCUT2D eigenvalue weighted by Gasteiger charge is -2.29. The predicted molar refractivity (Wildman–Crippen MR) is 80.8 cm³/mol. The molecule has 0 heterocycles. The summed E-state index contributed by atoms with van der Waals surface area (Å²) >= 11 is 0. The molecule has 118 valence electrons. The van der Waals surface area contributed by atoms with E-state index >= 15 is 0 Å². The van der Waals surface area contributed by atoms with Crippen LogP contribution in [-0.4, -0.2) is 41.1 Å². The van der Waals surface area contributed by atoms with E-state index in [1.165, 1.54) is 0 Å². The minimum Gasteiger partial charge on any atom is -0.481 e. The lowest BCUT2D eigenvalue weighted by Crippen LogP contribution is -2.47. The Bertz CT molecular complexity index is 311. The highest BCUT2D eigenvalue weighted by molar-refractivity contribution is 5.75. The number of carboxylic acids is 1. The molecule has 0 aromatic heterocycles. The van der Waals surface area contributed by atoms with Gasteiger partial charge >= 0.3 is 12.0 Å². The van der Waals surface area contributed by atoms with E-state index in [-0.39, 0.29) is 23.9 Å². The van der Waals surface area contributed by atoms with Crippen LogP contribution in [0, 0.1) is 5.41 Å². The first kappa shape index (κ1) is 18.7. The van der Waals surface area contributed by atoms with Gasteiger partial charge in [-0.1, -0.05) is 34.1 Å². The third-order valence-electron chi connectivity index (χ3n) is 3.06. The average Bonchev–Trinajstić information content (AvgIpc) is 2.26. The maximum absolute atomic E-state index is 12.2. The standard InChI is InChI=1S/C15H30N2O3/c1-6-8-9-17(7-2)14(20)16-12(10-13(18)19)11-15(3,4)5/h12H,6-11H2,1-5H3,(H,16,20)(H,18,19). The van der Waals surface area contributed by atoms with E-state index in [0.29, 0.717) is 19.5 Å². The van der Waals surface area contributed by atoms with Crippen LogP contribution >= 0.6 is 0 Å². The van der Waals surface area contributed by atoms with Crippen LogP contribution in [0.1, 0.15) is 60.3 Å². The second kappa shape index (κ2) is 8.82. The molecule has 1 unspecified atom stereocenters. The predicted octanol–water partition coefficient (Wildman–Crippen LogP) is 3.10. The van der Waals surface area contributed by atoms with Gasteiger partial charge in [0.2, 0.25) is 0 Å². The molecule has 0 aliphatic heterocycles. The van der Waals surface area contributed by atoms with Gasteiger partial charge in [0.25, 0.3) is 0 Å². The highest BCUT2D eigenvalue weighted by atomic mass is 16.4. The fourth-order valence-electron chi connectivity index (χ4n) is 2.14. The molecule has 0 bridgehead atoms. The molecule has 0 radical (unpaired) electrons. The lowest BCUT2D eigenvalue weighted by atomic mass is 9.87. The number of carbonyl (C=O) groups is 2. The molecule has 5 heteroatoms. The van der Waals surface area contributed by atoms with Crippen molar-refractivity contribution in [3.63, 3.8) is 0 Å². The Morgan fingerprint density at radius 1 is 1.25 bits per heavy atom. The number of amides is 2. The van der Waals surface area contributed by atoms with E-state index in [4.69, 9.17) is 5.11 Å². The largest absolute Gasteiger partial charge is 0.481 e. The molecule has 0 aromatic carbocycles. The molecular weight excluding hydrogens is 256 g/mol. The summed E-state index contributed by atoms with van der Waals surface area (Å²) in [5.41, 5.74) is -0.0200. The summed E-state index contributed by atoms with van der Waals surface area (Å²) in [5.74, 6) is -0.879. The molecule has 0 aromatic rings. The van der Waals surface area contributed by atoms with Crippen LogP contribution in [0.15, 0.2) is 0 Å². The summed E-state index contributed by atoms with van der Waals surface area (Å²) in [4.78, 5) is 24.8. The van der Waals surface area contributed by atoms with Crippen molar-refractivity contribution in [2.45, 2.75) is 66.3 Å². The van der Waals surface area contributed by atoms with Crippen molar-refractivity contribution in [3.8, 4) is 0 Å². The molecule has 1 atom stereocenters. The summed E-state index contributed by atoms with van der Waals surface area (Å²) in [6.07, 6.45) is 2.61. The second-order valence-electron chi connectivity index (χ2n) is 6.44. The highest BCUT2D eigenvalue weighted by Gasteiger charge is 2.24. The van der Waals surface area contributed by atoms with E-state index in [0.717, 1.165) is 12.8 Å². The van der Waals surface area contributed by atoms with E-state index in [1.54, 1.807) is 4.90 Å². The van der Waals surface area contributed by atoms with Crippen LogP contribution in [0.5, 0.6) is 0 Å². The lowest BCUT2D eigenvalue weighted by molar-refractivity contribution is -0.137. The summed E-state index contributed by atoms with van der Waals surface area (Å²) < 4.78 is 0. The van der Waals surface area contributed by atoms with E-state index in [9.17, 15) is 9.59 Å². The summed E-state index contributed by atoms with van der Waals surface area (Å²) in [6.45, 7) is 11.5. The first-order valence-corrected chi connectivity index (χ1v) is 7.46. The van der Waals surface area contributed by atoms with Crippen LogP contribution in [0.25, 0.3) is 0 Å². The van der Waals surface area contributed by atoms with Gasteiger partial charge in [-0.25, -0.2) is 4.79 Å². The van der Waals surface area contributed by atoms with Crippen molar-refractivity contribution >= 4 is 12.0 Å². The van der Waals surface area contributed by atoms with Crippen LogP contribution in [-0.2, 0) is 4.79 Å². The molecule has 0 aliphatic rings. The number of carbonyl (C=O) groups excluding carboxylic acids is 1. The van der Waals surface area contributed by atoms with E-state index in [1.807, 2.05) is 27.7 Å². The Kier molecular flexibility index (Phi) is 8.26. The van der Waals surface area contributed by atoms with Crippen molar-refractivity contribution < 1.29 is 14.7 Å². The normalized spacial score (nSPS) is 12.8. The Hall–Kier alpha value is -1.26. The monoisotopic (exact) mass is 286 g/mol. The highest BCUT2D eigenvalue weighted by Crippen LogP contribution is 2.22. The molecule has 5 nitrogen and oxygen atoms in total. The Labute approximate surface area is 122 Å². The van der Waals surface area contributed by atoms with Crippen LogP contribution in [0.3, 0.4) is 0 Å². The number of nitrogens with zero attached hydrogens (tertiary/aromatic N) is 1. The zero-order valence-corrected chi connectivity index (χ0v) is 13.5. The van der Waals surface area contributed by atoms with Gasteiger partial charge in [-0.3, -0.25) is 4.79 Å². The van der Waals surface area contributed by atoms with Crippen molar-refractivity contribution in [3.05, 3.63) is 0 Å². The minimum atomic E-state index is -0.879. The topological polar surface area (TPSA) is 69.6 Å². The van der Waals surface area contributed by atoms with Crippen LogP contribution < -0.4 is 5.32 Å². The number of unbranched alkanes of at least 4 members (excludes halogenated alkanes) is 1. The molecule has 0 aliphatic carbocycles. The van der Waals surface area contributed by atoms with Gasteiger partial charge in [-0.2, -0.15) is 0 Å². The number of aliphatic carboxylic acids is 1. The number of nitrogens with one attached hydrogen (secondary N) is 1. The molecule has 2 N–H and O–H groups in total. The smallest absolute Gasteiger partial charge is 0.317 e. The number of hydrogen-bond donors (Lipinski definition) is 2. The molecule has 0 saturated heterocycles. The Morgan fingerprint density at radius 2 is 1.85 bits per heavy atom. The third kappa shape index (κ3) is 8.77. The quantitative estimate of drug-likeness (QED) is 0.720. The molecule has 0 fully saturated rings. The van der Waals surface area contributed by atoms with Crippen molar-refractivity contribution in [2.75, 3.05) is 13.1 Å². The maximum Gasteiger partial charge on any atom is 0.317 e. The number of urea groups is 1. The summed E-state index contributed by atoms with van der Waals surface area (Å²) in [6, 6.07) is -0.480. The second-order valence-corrected chi connectivity index (χ2v) is 6.44. The van der Waals surface area contributed by atoms with Gasteiger partial charge in [0.15, 0.2) is 0 Å². The van der Waals surface area contributed by atoms with Gasteiger partial charge < -0.3 is 15.3 Å². The van der Waals surface area contributed by atoms with Crippen molar-refractivity contribution in [1.82, 2.24) is 10.2 Å². The fraction of sp³-hybridized carbons (Fsp3) is 0.867. The number of carboxylic acid groups (broad SMARTS) is 1. The van der Waals surface area contributed by atoms with Gasteiger partial charge in [-0.05, 0) is 25.2 Å². The Morgan fingerprint density at radius 3 is 2.25 bits per heavy atom. The van der Waals surface area contributed by atoms with E-state index < -0.39 is 5.97 Å². The molecular formula is C15H30N2O3. The SMILES string of the molecule is CCCCN(CC)C(=O)NC(CC(=O)O)CC(C)(C)C. The molecule has 0 saturated carbocycles. The maximum atomic E-state index is 12.2. The minimum absolute atomic E-state index is 0.0200. The molecule has 20 heavy (non-hydrogen) atoms. The first-order valence-electron chi connectivity index (χ1n) is 7.46. The van der Waals surface area contributed by atoms with Gasteiger partial charge in [0.05, 0.1) is 6.42 Å². The van der Waals surface area contributed by atoms with Crippen molar-refractivity contribution in [2.24, 2.45) is 5.41 Å². The summed E-state index contributed by atoms with van der Waals surface area (Å²) in [7, 11) is 0. The Balaban J connectivity index is 4.60. The zero-order chi connectivity index (χ0) is 15.8. The molecule has 2 amide bonds. The van der Waals surface area contributed by atoms with Gasteiger partial charge in [-0.15, -0.1) is 0 Å². The zero-order valence-electron chi connectivity index (χ0n) is 13.5. The molecule has 0 spiro atoms. The van der Waals surface area contributed by atoms with E-state index in [2.05, 4.69) is 12.2 Å². The average molecular weight is 286 g/mol. The third-order valence-corrected chi connectivity index (χ3v) is 3.06. The van der Waals surface area contributed by atoms with Crippen LogP contribution in [0.2, 0.25) is 0 Å². The summed E-state index contributed by atoms with van der Waals surface area (Å²) in [5, 5.41) is 11.8. The van der Waals surface area contributed by atoms with Gasteiger partial charge in [0, 0.05) is 19.1 Å². The van der Waals surface area contributed by atoms with Crippen LogP contribution in [0.4, 0.5) is 4.79 Å². The number of rotatable bonds is 8. The number of hydrogen-bond acceptors (Lipinski definition) is 2. The first-order chi connectivity index (χ1) is 9.19.